The Kier molecular flexibility index (Phi) is 6.01. The number of hydrogen-bond donors (Lipinski definition) is 0. The van der Waals surface area contributed by atoms with Crippen LogP contribution >= 0.6 is 0 Å². The second-order valence-corrected chi connectivity index (χ2v) is 7.95. The molecular weight excluding hydrogens is 421 g/mol. The van der Waals surface area contributed by atoms with Crippen molar-refractivity contribution in [3.63, 3.8) is 0 Å². The predicted octanol–water partition coefficient (Wildman–Crippen LogP) is 2.84. The number of nitrogens with zero attached hydrogens (tertiary/aromatic N) is 4. The number of fused-ring (bicyclic) bond motifs is 1. The molecule has 4 rings (SSSR count). The number of halogens is 3. The van der Waals surface area contributed by atoms with Crippen LogP contribution in [0.2, 0.25) is 0 Å². The van der Waals surface area contributed by atoms with Crippen LogP contribution in [0.3, 0.4) is 0 Å². The summed E-state index contributed by atoms with van der Waals surface area (Å²) >= 11 is 0. The molecule has 6 nitrogen and oxygen atoms in total. The second kappa shape index (κ2) is 8.74. The number of benzene rings is 2. The Labute approximate surface area is 182 Å². The lowest BCUT2D eigenvalue weighted by Gasteiger charge is -2.34. The van der Waals surface area contributed by atoms with Crippen LogP contribution in [0.25, 0.3) is 10.8 Å². The van der Waals surface area contributed by atoms with E-state index >= 15 is 0 Å². The fraction of sp³-hybridized carbons (Fsp3) is 0.348. The van der Waals surface area contributed by atoms with Gasteiger partial charge in [0.05, 0.1) is 23.1 Å². The maximum Gasteiger partial charge on any atom is 0.416 e. The lowest BCUT2D eigenvalue weighted by Crippen LogP contribution is -2.48. The van der Waals surface area contributed by atoms with Crippen LogP contribution in [0.5, 0.6) is 0 Å². The van der Waals surface area contributed by atoms with Gasteiger partial charge >= 0.3 is 6.18 Å². The molecule has 0 bridgehead atoms. The highest BCUT2D eigenvalue weighted by atomic mass is 19.4. The van der Waals surface area contributed by atoms with Crippen LogP contribution in [0.1, 0.15) is 16.8 Å². The molecule has 1 saturated heterocycles. The summed E-state index contributed by atoms with van der Waals surface area (Å²) in [5, 5.41) is 5.52. The van der Waals surface area contributed by atoms with E-state index in [1.807, 2.05) is 6.07 Å². The van der Waals surface area contributed by atoms with E-state index in [1.165, 1.54) is 16.8 Å². The van der Waals surface area contributed by atoms with Gasteiger partial charge in [0.25, 0.3) is 5.56 Å². The van der Waals surface area contributed by atoms with Crippen molar-refractivity contribution in [3.8, 4) is 0 Å². The standard InChI is InChI=1S/C23H23F3N4O2/c1-28-22(32)19-5-3-2-4-18(19)20(27-28)14-21(31)30-12-10-29(11-13-30)15-16-6-8-17(9-7-16)23(24,25)26/h2-9H,10-15H2,1H3. The molecule has 9 heteroatoms. The van der Waals surface area contributed by atoms with E-state index < -0.39 is 11.7 Å². The molecule has 0 saturated carbocycles. The molecule has 1 aliphatic rings. The molecule has 0 aliphatic carbocycles. The molecule has 1 aromatic heterocycles. The van der Waals surface area contributed by atoms with Crippen molar-refractivity contribution < 1.29 is 18.0 Å². The van der Waals surface area contributed by atoms with E-state index in [0.29, 0.717) is 49.2 Å². The van der Waals surface area contributed by atoms with Crippen LogP contribution in [0.15, 0.2) is 53.3 Å². The van der Waals surface area contributed by atoms with Gasteiger partial charge in [-0.3, -0.25) is 14.5 Å². The van der Waals surface area contributed by atoms with Crippen LogP contribution in [-0.2, 0) is 31.0 Å². The molecular formula is C23H23F3N4O2. The fourth-order valence-corrected chi connectivity index (χ4v) is 3.97. The van der Waals surface area contributed by atoms with Crippen LogP contribution in [0.4, 0.5) is 13.2 Å². The third kappa shape index (κ3) is 4.67. The fourth-order valence-electron chi connectivity index (χ4n) is 3.97. The first-order valence-electron chi connectivity index (χ1n) is 10.3. The lowest BCUT2D eigenvalue weighted by molar-refractivity contribution is -0.137. The molecule has 3 aromatic rings. The third-order valence-electron chi connectivity index (χ3n) is 5.76. The van der Waals surface area contributed by atoms with Crippen molar-refractivity contribution in [1.29, 1.82) is 0 Å². The highest BCUT2D eigenvalue weighted by molar-refractivity contribution is 5.88. The first-order chi connectivity index (χ1) is 15.2. The topological polar surface area (TPSA) is 58.4 Å². The van der Waals surface area contributed by atoms with Crippen LogP contribution in [-0.4, -0.2) is 51.7 Å². The van der Waals surface area contributed by atoms with E-state index in [1.54, 1.807) is 30.1 Å². The number of rotatable bonds is 4. The van der Waals surface area contributed by atoms with Gasteiger partial charge < -0.3 is 4.90 Å². The molecule has 1 amide bonds. The van der Waals surface area contributed by atoms with E-state index in [9.17, 15) is 22.8 Å². The van der Waals surface area contributed by atoms with Gasteiger partial charge in [0.2, 0.25) is 5.91 Å². The van der Waals surface area contributed by atoms with Crippen LogP contribution in [0, 0.1) is 0 Å². The summed E-state index contributed by atoms with van der Waals surface area (Å²) in [6.45, 7) is 2.86. The van der Waals surface area contributed by atoms with Gasteiger partial charge in [-0.15, -0.1) is 0 Å². The maximum absolute atomic E-state index is 12.9. The van der Waals surface area contributed by atoms with Crippen molar-refractivity contribution in [3.05, 3.63) is 75.7 Å². The van der Waals surface area contributed by atoms with Crippen LogP contribution < -0.4 is 5.56 Å². The zero-order chi connectivity index (χ0) is 22.9. The summed E-state index contributed by atoms with van der Waals surface area (Å²) in [5.41, 5.74) is 0.517. The summed E-state index contributed by atoms with van der Waals surface area (Å²) in [6, 6.07) is 12.3. The Morgan fingerprint density at radius 1 is 0.969 bits per heavy atom. The molecule has 32 heavy (non-hydrogen) atoms. The number of amides is 1. The smallest absolute Gasteiger partial charge is 0.340 e. The van der Waals surface area contributed by atoms with E-state index in [0.717, 1.165) is 17.7 Å². The van der Waals surface area contributed by atoms with Gasteiger partial charge in [-0.2, -0.15) is 18.3 Å². The van der Waals surface area contributed by atoms with Gasteiger partial charge in [-0.05, 0) is 23.8 Å². The largest absolute Gasteiger partial charge is 0.416 e. The Morgan fingerprint density at radius 2 is 1.59 bits per heavy atom. The van der Waals surface area contributed by atoms with Crippen molar-refractivity contribution in [2.24, 2.45) is 7.05 Å². The number of carbonyl (C=O) groups excluding carboxylic acids is 1. The van der Waals surface area contributed by atoms with Gasteiger partial charge in [0.1, 0.15) is 0 Å². The number of hydrogen-bond acceptors (Lipinski definition) is 4. The predicted molar refractivity (Wildman–Crippen MR) is 114 cm³/mol. The Morgan fingerprint density at radius 3 is 2.22 bits per heavy atom. The van der Waals surface area contributed by atoms with E-state index in [-0.39, 0.29) is 17.9 Å². The molecule has 168 valence electrons. The van der Waals surface area contributed by atoms with Gasteiger partial charge in [-0.1, -0.05) is 30.3 Å². The van der Waals surface area contributed by atoms with E-state index in [4.69, 9.17) is 0 Å². The Balaban J connectivity index is 1.37. The molecule has 2 aromatic carbocycles. The molecule has 1 aliphatic heterocycles. The minimum atomic E-state index is -4.34. The number of aryl methyl sites for hydroxylation is 1. The lowest BCUT2D eigenvalue weighted by atomic mass is 10.1. The monoisotopic (exact) mass is 444 g/mol. The normalized spacial score (nSPS) is 15.3. The Bertz CT molecular complexity index is 1180. The van der Waals surface area contributed by atoms with Crippen molar-refractivity contribution in [1.82, 2.24) is 19.6 Å². The van der Waals surface area contributed by atoms with Gasteiger partial charge in [0.15, 0.2) is 0 Å². The van der Waals surface area contributed by atoms with Crippen molar-refractivity contribution in [2.45, 2.75) is 19.1 Å². The van der Waals surface area contributed by atoms with Crippen molar-refractivity contribution in [2.75, 3.05) is 26.2 Å². The second-order valence-electron chi connectivity index (χ2n) is 7.95. The number of carbonyl (C=O) groups is 1. The molecule has 0 N–H and O–H groups in total. The van der Waals surface area contributed by atoms with E-state index in [2.05, 4.69) is 10.00 Å². The average Bonchev–Trinajstić information content (AvgIpc) is 2.77. The number of piperazine rings is 1. The third-order valence-corrected chi connectivity index (χ3v) is 5.76. The summed E-state index contributed by atoms with van der Waals surface area (Å²) in [5.74, 6) is -0.0597. The number of alkyl halides is 3. The zero-order valence-corrected chi connectivity index (χ0v) is 17.6. The SMILES string of the molecule is Cn1nc(CC(=O)N2CCN(Cc3ccc(C(F)(F)F)cc3)CC2)c2ccccc2c1=O. The Hall–Kier alpha value is -3.20. The van der Waals surface area contributed by atoms with Gasteiger partial charge in [0, 0.05) is 45.2 Å². The summed E-state index contributed by atoms with van der Waals surface area (Å²) in [7, 11) is 1.57. The first kappa shape index (κ1) is 22.0. The molecule has 0 atom stereocenters. The summed E-state index contributed by atoms with van der Waals surface area (Å²) < 4.78 is 39.4. The molecule has 0 radical (unpaired) electrons. The van der Waals surface area contributed by atoms with Gasteiger partial charge in [-0.25, -0.2) is 4.68 Å². The van der Waals surface area contributed by atoms with Crippen molar-refractivity contribution >= 4 is 16.7 Å². The quantitative estimate of drug-likeness (QED) is 0.621. The highest BCUT2D eigenvalue weighted by Crippen LogP contribution is 2.29. The molecule has 2 heterocycles. The molecule has 0 unspecified atom stereocenters. The number of aromatic nitrogens is 2. The molecule has 1 fully saturated rings. The highest BCUT2D eigenvalue weighted by Gasteiger charge is 2.30. The minimum absolute atomic E-state index is 0.0597. The average molecular weight is 444 g/mol. The first-order valence-corrected chi connectivity index (χ1v) is 10.3. The maximum atomic E-state index is 12.9. The zero-order valence-electron chi connectivity index (χ0n) is 17.6. The summed E-state index contributed by atoms with van der Waals surface area (Å²) in [4.78, 5) is 29.0. The minimum Gasteiger partial charge on any atom is -0.340 e. The molecule has 0 spiro atoms. The summed E-state index contributed by atoms with van der Waals surface area (Å²) in [6.07, 6.45) is -4.23.